The smallest absolute Gasteiger partial charge is 0.335 e. The maximum absolute atomic E-state index is 10.6. The second kappa shape index (κ2) is 8.56. The Bertz CT molecular complexity index is 606. The fraction of sp³-hybridized carbons (Fsp3) is 0.235. The Kier molecular flexibility index (Phi) is 6.76. The lowest BCUT2D eigenvalue weighted by molar-refractivity contribution is 0.0696. The summed E-state index contributed by atoms with van der Waals surface area (Å²) in [4.78, 5) is 25.4. The minimum Gasteiger partial charge on any atom is -0.478 e. The largest absolute Gasteiger partial charge is 0.478 e. The van der Waals surface area contributed by atoms with Crippen LogP contribution in [0, 0.1) is 6.92 Å². The SMILES string of the molecule is CCCc1ccccn1.Cc1c(C(=O)O)cccc1C(=O)O. The van der Waals surface area contributed by atoms with E-state index in [2.05, 4.69) is 18.0 Å². The molecule has 0 bridgehead atoms. The summed E-state index contributed by atoms with van der Waals surface area (Å²) in [5, 5.41) is 17.4. The lowest BCUT2D eigenvalue weighted by Crippen LogP contribution is -2.06. The molecule has 0 aliphatic heterocycles. The van der Waals surface area contributed by atoms with Gasteiger partial charge in [-0.05, 0) is 43.2 Å². The average molecular weight is 301 g/mol. The molecule has 2 N–H and O–H groups in total. The molecule has 0 saturated carbocycles. The molecule has 0 atom stereocenters. The van der Waals surface area contributed by atoms with Gasteiger partial charge in [-0.25, -0.2) is 9.59 Å². The molecule has 0 aliphatic carbocycles. The van der Waals surface area contributed by atoms with Crippen molar-refractivity contribution in [3.63, 3.8) is 0 Å². The zero-order valence-electron chi connectivity index (χ0n) is 12.6. The second-order valence-electron chi connectivity index (χ2n) is 4.66. The number of aryl methyl sites for hydroxylation is 1. The molecule has 0 radical (unpaired) electrons. The highest BCUT2D eigenvalue weighted by molar-refractivity contribution is 5.96. The number of hydrogen-bond acceptors (Lipinski definition) is 3. The molecule has 1 aromatic carbocycles. The van der Waals surface area contributed by atoms with Crippen LogP contribution >= 0.6 is 0 Å². The number of carbonyl (C=O) groups is 2. The van der Waals surface area contributed by atoms with Crippen LogP contribution in [0.25, 0.3) is 0 Å². The van der Waals surface area contributed by atoms with E-state index >= 15 is 0 Å². The van der Waals surface area contributed by atoms with Crippen LogP contribution in [0.1, 0.15) is 45.3 Å². The normalized spacial score (nSPS) is 9.55. The maximum Gasteiger partial charge on any atom is 0.335 e. The Morgan fingerprint density at radius 3 is 2.00 bits per heavy atom. The Balaban J connectivity index is 0.000000235. The average Bonchev–Trinajstić information content (AvgIpc) is 2.49. The first-order chi connectivity index (χ1) is 10.5. The molecule has 116 valence electrons. The van der Waals surface area contributed by atoms with E-state index in [1.165, 1.54) is 37.2 Å². The van der Waals surface area contributed by atoms with E-state index in [0.717, 1.165) is 6.42 Å². The third-order valence-electron chi connectivity index (χ3n) is 3.03. The highest BCUT2D eigenvalue weighted by Gasteiger charge is 2.13. The number of pyridine rings is 1. The standard InChI is InChI=1S/C9H8O4.C8H11N/c1-5-6(8(10)11)3-2-4-7(5)9(12)13;1-2-5-8-6-3-4-7-9-8/h2-4H,1H3,(H,10,11)(H,12,13);3-4,6-7H,2,5H2,1H3. The van der Waals surface area contributed by atoms with Gasteiger partial charge in [-0.15, -0.1) is 0 Å². The highest BCUT2D eigenvalue weighted by atomic mass is 16.4. The molecule has 1 aromatic heterocycles. The predicted octanol–water partition coefficient (Wildman–Crippen LogP) is 3.43. The van der Waals surface area contributed by atoms with Gasteiger partial charge >= 0.3 is 11.9 Å². The molecule has 1 heterocycles. The molecular weight excluding hydrogens is 282 g/mol. The second-order valence-corrected chi connectivity index (χ2v) is 4.66. The number of hydrogen-bond donors (Lipinski definition) is 2. The van der Waals surface area contributed by atoms with Crippen LogP contribution in [-0.2, 0) is 6.42 Å². The minimum atomic E-state index is -1.11. The van der Waals surface area contributed by atoms with Crippen molar-refractivity contribution < 1.29 is 19.8 Å². The van der Waals surface area contributed by atoms with Crippen molar-refractivity contribution in [3.05, 3.63) is 65.0 Å². The van der Waals surface area contributed by atoms with Crippen LogP contribution in [0.4, 0.5) is 0 Å². The van der Waals surface area contributed by atoms with Gasteiger partial charge in [0.25, 0.3) is 0 Å². The number of carboxylic acid groups (broad SMARTS) is 2. The van der Waals surface area contributed by atoms with Crippen molar-refractivity contribution in [2.24, 2.45) is 0 Å². The van der Waals surface area contributed by atoms with Crippen LogP contribution in [0.5, 0.6) is 0 Å². The maximum atomic E-state index is 10.6. The molecule has 0 fully saturated rings. The first-order valence-corrected chi connectivity index (χ1v) is 6.93. The summed E-state index contributed by atoms with van der Waals surface area (Å²) < 4.78 is 0. The van der Waals surface area contributed by atoms with Gasteiger partial charge in [0, 0.05) is 11.9 Å². The molecule has 2 aromatic rings. The van der Waals surface area contributed by atoms with Crippen LogP contribution in [-0.4, -0.2) is 27.1 Å². The third-order valence-corrected chi connectivity index (χ3v) is 3.03. The Morgan fingerprint density at radius 2 is 1.59 bits per heavy atom. The van der Waals surface area contributed by atoms with Crippen molar-refractivity contribution in [1.29, 1.82) is 0 Å². The summed E-state index contributed by atoms with van der Waals surface area (Å²) in [6.07, 6.45) is 4.11. The van der Waals surface area contributed by atoms with Gasteiger partial charge < -0.3 is 10.2 Å². The number of benzene rings is 1. The van der Waals surface area contributed by atoms with E-state index in [9.17, 15) is 9.59 Å². The summed E-state index contributed by atoms with van der Waals surface area (Å²) in [5.74, 6) is -2.22. The fourth-order valence-corrected chi connectivity index (χ4v) is 1.90. The van der Waals surface area contributed by atoms with E-state index in [1.807, 2.05) is 18.3 Å². The van der Waals surface area contributed by atoms with E-state index in [0.29, 0.717) is 0 Å². The first-order valence-electron chi connectivity index (χ1n) is 6.93. The number of rotatable bonds is 4. The van der Waals surface area contributed by atoms with Gasteiger partial charge in [0.15, 0.2) is 0 Å². The van der Waals surface area contributed by atoms with Crippen molar-refractivity contribution in [2.75, 3.05) is 0 Å². The van der Waals surface area contributed by atoms with Gasteiger partial charge in [0.05, 0.1) is 11.1 Å². The summed E-state index contributed by atoms with van der Waals surface area (Å²) in [5.41, 5.74) is 1.53. The van der Waals surface area contributed by atoms with Crippen LogP contribution in [0.2, 0.25) is 0 Å². The molecule has 5 heteroatoms. The van der Waals surface area contributed by atoms with Gasteiger partial charge in [0.2, 0.25) is 0 Å². The summed E-state index contributed by atoms with van der Waals surface area (Å²) in [6, 6.07) is 10.2. The van der Waals surface area contributed by atoms with E-state index in [-0.39, 0.29) is 16.7 Å². The summed E-state index contributed by atoms with van der Waals surface area (Å²) in [7, 11) is 0. The first kappa shape index (κ1) is 17.4. The predicted molar refractivity (Wildman–Crippen MR) is 83.3 cm³/mol. The van der Waals surface area contributed by atoms with Gasteiger partial charge in [0.1, 0.15) is 0 Å². The number of aromatic nitrogens is 1. The molecule has 5 nitrogen and oxygen atoms in total. The van der Waals surface area contributed by atoms with Crippen LogP contribution in [0.15, 0.2) is 42.6 Å². The number of aromatic carboxylic acids is 2. The molecular formula is C17H19NO4. The Morgan fingerprint density at radius 1 is 1.00 bits per heavy atom. The molecule has 0 aliphatic rings. The monoisotopic (exact) mass is 301 g/mol. The third kappa shape index (κ3) is 5.01. The lowest BCUT2D eigenvalue weighted by atomic mass is 10.0. The highest BCUT2D eigenvalue weighted by Crippen LogP contribution is 2.13. The Labute approximate surface area is 129 Å². The van der Waals surface area contributed by atoms with E-state index < -0.39 is 11.9 Å². The van der Waals surface area contributed by atoms with Gasteiger partial charge in [-0.3, -0.25) is 4.98 Å². The molecule has 0 spiro atoms. The topological polar surface area (TPSA) is 87.5 Å². The quantitative estimate of drug-likeness (QED) is 0.903. The van der Waals surface area contributed by atoms with Gasteiger partial charge in [-0.1, -0.05) is 25.5 Å². The molecule has 0 saturated heterocycles. The van der Waals surface area contributed by atoms with Crippen LogP contribution < -0.4 is 0 Å². The van der Waals surface area contributed by atoms with Crippen molar-refractivity contribution in [1.82, 2.24) is 4.98 Å². The zero-order valence-corrected chi connectivity index (χ0v) is 12.6. The fourth-order valence-electron chi connectivity index (χ4n) is 1.90. The number of nitrogens with zero attached hydrogens (tertiary/aromatic N) is 1. The zero-order chi connectivity index (χ0) is 16.5. The minimum absolute atomic E-state index is 0.0277. The molecule has 0 amide bonds. The van der Waals surface area contributed by atoms with Crippen LogP contribution in [0.3, 0.4) is 0 Å². The van der Waals surface area contributed by atoms with Crippen molar-refractivity contribution in [2.45, 2.75) is 26.7 Å². The molecule has 22 heavy (non-hydrogen) atoms. The lowest BCUT2D eigenvalue weighted by Gasteiger charge is -2.03. The van der Waals surface area contributed by atoms with E-state index in [4.69, 9.17) is 10.2 Å². The van der Waals surface area contributed by atoms with Gasteiger partial charge in [-0.2, -0.15) is 0 Å². The Hall–Kier alpha value is -2.69. The molecule has 0 unspecified atom stereocenters. The van der Waals surface area contributed by atoms with E-state index in [1.54, 1.807) is 0 Å². The molecule has 2 rings (SSSR count). The number of carboxylic acids is 2. The summed E-state index contributed by atoms with van der Waals surface area (Å²) in [6.45, 7) is 3.64. The summed E-state index contributed by atoms with van der Waals surface area (Å²) >= 11 is 0. The van der Waals surface area contributed by atoms with Crippen molar-refractivity contribution >= 4 is 11.9 Å². The van der Waals surface area contributed by atoms with Crippen molar-refractivity contribution in [3.8, 4) is 0 Å².